The maximum Gasteiger partial charge on any atom is 0.0697 e. The Labute approximate surface area is 123 Å². The fraction of sp³-hybridized carbons (Fsp3) is 0.250. The monoisotopic (exact) mass is 287 g/mol. The van der Waals surface area contributed by atoms with Crippen molar-refractivity contribution in [3.63, 3.8) is 0 Å². The Kier molecular flexibility index (Phi) is 4.25. The molecule has 0 bridgehead atoms. The highest BCUT2D eigenvalue weighted by atomic mass is 32.2. The Morgan fingerprint density at radius 1 is 1.00 bits per heavy atom. The molecule has 0 unspecified atom stereocenters. The molecule has 1 aliphatic rings. The van der Waals surface area contributed by atoms with Crippen molar-refractivity contribution in [2.45, 2.75) is 16.2 Å². The van der Waals surface area contributed by atoms with Crippen LogP contribution < -0.4 is 5.32 Å². The predicted molar refractivity (Wildman–Crippen MR) is 81.9 cm³/mol. The summed E-state index contributed by atoms with van der Waals surface area (Å²) in [4.78, 5) is 2.51. The predicted octanol–water partition coefficient (Wildman–Crippen LogP) is 3.45. The van der Waals surface area contributed by atoms with Gasteiger partial charge in [0.1, 0.15) is 0 Å². The molecule has 0 amide bonds. The van der Waals surface area contributed by atoms with Crippen molar-refractivity contribution in [2.75, 3.05) is 25.1 Å². The van der Waals surface area contributed by atoms with E-state index in [-0.39, 0.29) is 6.61 Å². The SMILES string of the molecule is OCCOCCc1cccc2c1Nc1ccccc1S2. The molecule has 0 aromatic heterocycles. The lowest BCUT2D eigenvalue weighted by Crippen LogP contribution is -2.07. The van der Waals surface area contributed by atoms with Crippen LogP contribution in [0.2, 0.25) is 0 Å². The lowest BCUT2D eigenvalue weighted by atomic mass is 10.1. The Balaban J connectivity index is 1.79. The highest BCUT2D eigenvalue weighted by Crippen LogP contribution is 2.45. The van der Waals surface area contributed by atoms with Crippen LogP contribution in [-0.2, 0) is 11.2 Å². The summed E-state index contributed by atoms with van der Waals surface area (Å²) in [7, 11) is 0. The van der Waals surface area contributed by atoms with Crippen molar-refractivity contribution in [1.82, 2.24) is 0 Å². The van der Waals surface area contributed by atoms with Gasteiger partial charge in [-0.1, -0.05) is 36.0 Å². The molecule has 0 fully saturated rings. The summed E-state index contributed by atoms with van der Waals surface area (Å²) in [5.41, 5.74) is 3.60. The number of ether oxygens (including phenoxy) is 1. The summed E-state index contributed by atoms with van der Waals surface area (Å²) in [6, 6.07) is 14.7. The first-order chi connectivity index (χ1) is 9.88. The van der Waals surface area contributed by atoms with Crippen molar-refractivity contribution in [1.29, 1.82) is 0 Å². The van der Waals surface area contributed by atoms with E-state index < -0.39 is 0 Å². The summed E-state index contributed by atoms with van der Waals surface area (Å²) in [5, 5.41) is 12.2. The van der Waals surface area contributed by atoms with Crippen molar-refractivity contribution in [3.05, 3.63) is 48.0 Å². The highest BCUT2D eigenvalue weighted by molar-refractivity contribution is 7.99. The lowest BCUT2D eigenvalue weighted by molar-refractivity contribution is 0.0945. The topological polar surface area (TPSA) is 41.5 Å². The third-order valence-corrected chi connectivity index (χ3v) is 4.37. The standard InChI is InChI=1S/C16H17NO2S/c18-9-11-19-10-8-12-4-3-7-15-16(12)17-13-5-1-2-6-14(13)20-15/h1-7,17-18H,8-11H2. The van der Waals surface area contributed by atoms with Crippen LogP contribution in [0.5, 0.6) is 0 Å². The first kappa shape index (κ1) is 13.5. The molecule has 1 heterocycles. The molecule has 1 aliphatic heterocycles. The third kappa shape index (κ3) is 2.82. The molecule has 0 saturated carbocycles. The molecule has 0 spiro atoms. The molecule has 4 heteroatoms. The van der Waals surface area contributed by atoms with E-state index in [1.807, 2.05) is 6.07 Å². The van der Waals surface area contributed by atoms with Crippen molar-refractivity contribution < 1.29 is 9.84 Å². The van der Waals surface area contributed by atoms with Crippen LogP contribution in [0.4, 0.5) is 11.4 Å². The minimum absolute atomic E-state index is 0.0778. The normalized spacial score (nSPS) is 12.4. The summed E-state index contributed by atoms with van der Waals surface area (Å²) in [6.07, 6.45) is 0.846. The quantitative estimate of drug-likeness (QED) is 0.705. The maximum absolute atomic E-state index is 8.72. The van der Waals surface area contributed by atoms with Gasteiger partial charge in [0.15, 0.2) is 0 Å². The number of para-hydroxylation sites is 2. The average molecular weight is 287 g/mol. The van der Waals surface area contributed by atoms with Crippen molar-refractivity contribution in [2.24, 2.45) is 0 Å². The fourth-order valence-electron chi connectivity index (χ4n) is 2.27. The van der Waals surface area contributed by atoms with E-state index in [1.165, 1.54) is 21.0 Å². The molecule has 0 saturated heterocycles. The zero-order chi connectivity index (χ0) is 13.8. The third-order valence-electron chi connectivity index (χ3n) is 3.23. The molecule has 0 radical (unpaired) electrons. The van der Waals surface area contributed by atoms with Crippen molar-refractivity contribution in [3.8, 4) is 0 Å². The molecular formula is C16H17NO2S. The summed E-state index contributed by atoms with van der Waals surface area (Å²) in [6.45, 7) is 1.11. The Morgan fingerprint density at radius 2 is 1.85 bits per heavy atom. The molecule has 2 aromatic carbocycles. The number of rotatable bonds is 5. The van der Waals surface area contributed by atoms with Crippen molar-refractivity contribution >= 4 is 23.1 Å². The molecule has 0 atom stereocenters. The number of aliphatic hydroxyl groups excluding tert-OH is 1. The van der Waals surface area contributed by atoms with Gasteiger partial charge in [0.25, 0.3) is 0 Å². The minimum Gasteiger partial charge on any atom is -0.394 e. The second-order valence-corrected chi connectivity index (χ2v) is 5.68. The smallest absolute Gasteiger partial charge is 0.0697 e. The average Bonchev–Trinajstić information content (AvgIpc) is 2.50. The lowest BCUT2D eigenvalue weighted by Gasteiger charge is -2.23. The van der Waals surface area contributed by atoms with Crippen LogP contribution >= 0.6 is 11.8 Å². The van der Waals surface area contributed by atoms with Crippen LogP contribution in [0.25, 0.3) is 0 Å². The van der Waals surface area contributed by atoms with Gasteiger partial charge < -0.3 is 15.2 Å². The Morgan fingerprint density at radius 3 is 2.75 bits per heavy atom. The second kappa shape index (κ2) is 6.31. The number of hydrogen-bond acceptors (Lipinski definition) is 4. The molecule has 3 nitrogen and oxygen atoms in total. The molecular weight excluding hydrogens is 270 g/mol. The van der Waals surface area contributed by atoms with Gasteiger partial charge in [0, 0.05) is 9.79 Å². The molecule has 104 valence electrons. The molecule has 2 aromatic rings. The van der Waals surface area contributed by atoms with Crippen LogP contribution in [0.15, 0.2) is 52.3 Å². The van der Waals surface area contributed by atoms with Gasteiger partial charge in [-0.05, 0) is 30.2 Å². The number of anilines is 2. The van der Waals surface area contributed by atoms with E-state index in [4.69, 9.17) is 9.84 Å². The van der Waals surface area contributed by atoms with Gasteiger partial charge in [-0.3, -0.25) is 0 Å². The first-order valence-corrected chi connectivity index (χ1v) is 7.54. The van der Waals surface area contributed by atoms with Crippen LogP contribution in [0, 0.1) is 0 Å². The van der Waals surface area contributed by atoms with Crippen LogP contribution in [-0.4, -0.2) is 24.9 Å². The van der Waals surface area contributed by atoms with E-state index in [0.717, 1.165) is 12.1 Å². The molecule has 2 N–H and O–H groups in total. The zero-order valence-electron chi connectivity index (χ0n) is 11.1. The first-order valence-electron chi connectivity index (χ1n) is 6.73. The van der Waals surface area contributed by atoms with Crippen LogP contribution in [0.1, 0.15) is 5.56 Å². The minimum atomic E-state index is 0.0778. The number of fused-ring (bicyclic) bond motifs is 2. The van der Waals surface area contributed by atoms with Gasteiger partial charge in [0.05, 0.1) is 31.2 Å². The zero-order valence-corrected chi connectivity index (χ0v) is 12.0. The fourth-order valence-corrected chi connectivity index (χ4v) is 3.32. The van der Waals surface area contributed by atoms with Gasteiger partial charge >= 0.3 is 0 Å². The number of aliphatic hydroxyl groups is 1. The summed E-state index contributed by atoms with van der Waals surface area (Å²) in [5.74, 6) is 0. The molecule has 20 heavy (non-hydrogen) atoms. The van der Waals surface area contributed by atoms with E-state index in [2.05, 4.69) is 41.7 Å². The largest absolute Gasteiger partial charge is 0.394 e. The van der Waals surface area contributed by atoms with Gasteiger partial charge in [-0.25, -0.2) is 0 Å². The maximum atomic E-state index is 8.72. The number of nitrogens with one attached hydrogen (secondary N) is 1. The summed E-state index contributed by atoms with van der Waals surface area (Å²) < 4.78 is 5.36. The van der Waals surface area contributed by atoms with Gasteiger partial charge in [-0.15, -0.1) is 0 Å². The van der Waals surface area contributed by atoms with E-state index in [9.17, 15) is 0 Å². The number of benzene rings is 2. The second-order valence-electron chi connectivity index (χ2n) is 4.60. The van der Waals surface area contributed by atoms with Gasteiger partial charge in [-0.2, -0.15) is 0 Å². The number of hydrogen-bond donors (Lipinski definition) is 2. The van der Waals surface area contributed by atoms with E-state index in [1.54, 1.807) is 11.8 Å². The highest BCUT2D eigenvalue weighted by Gasteiger charge is 2.17. The molecule has 3 rings (SSSR count). The van der Waals surface area contributed by atoms with E-state index >= 15 is 0 Å². The molecule has 0 aliphatic carbocycles. The van der Waals surface area contributed by atoms with Gasteiger partial charge in [0.2, 0.25) is 0 Å². The van der Waals surface area contributed by atoms with E-state index in [0.29, 0.717) is 13.2 Å². The summed E-state index contributed by atoms with van der Waals surface area (Å²) >= 11 is 1.80. The van der Waals surface area contributed by atoms with Crippen LogP contribution in [0.3, 0.4) is 0 Å². The Bertz CT molecular complexity index is 601. The Hall–Kier alpha value is -1.49.